The number of halogens is 1. The van der Waals surface area contributed by atoms with Crippen molar-refractivity contribution in [1.82, 2.24) is 10.2 Å². The summed E-state index contributed by atoms with van der Waals surface area (Å²) in [6.45, 7) is 0.172. The molecule has 0 aliphatic carbocycles. The smallest absolute Gasteiger partial charge is 0.276 e. The van der Waals surface area contributed by atoms with Crippen LogP contribution in [-0.4, -0.2) is 21.9 Å². The van der Waals surface area contributed by atoms with Crippen LogP contribution in [0.5, 0.6) is 5.75 Å². The van der Waals surface area contributed by atoms with Crippen LogP contribution in [0, 0.1) is 0 Å². The quantitative estimate of drug-likeness (QED) is 0.788. The molecule has 2 N–H and O–H groups in total. The van der Waals surface area contributed by atoms with Crippen LogP contribution in [0.4, 0.5) is 0 Å². The number of hydrogen-bond donors (Lipinski definition) is 1. The fourth-order valence-electron chi connectivity index (χ4n) is 1.27. The molecule has 0 saturated carbocycles. The van der Waals surface area contributed by atoms with Gasteiger partial charge in [0.15, 0.2) is 6.61 Å². The molecular formula is C12H12ClN3O3S. The molecule has 0 unspecified atom stereocenters. The van der Waals surface area contributed by atoms with Gasteiger partial charge in [-0.3, -0.25) is 4.79 Å². The lowest BCUT2D eigenvalue weighted by Crippen LogP contribution is -2.10. The number of primary amides is 1. The highest BCUT2D eigenvalue weighted by Gasteiger charge is 2.08. The number of aromatic nitrogens is 2. The second-order valence-corrected chi connectivity index (χ2v) is 5.25. The van der Waals surface area contributed by atoms with Crippen LogP contribution in [0.1, 0.15) is 12.3 Å². The minimum absolute atomic E-state index is 0.172. The van der Waals surface area contributed by atoms with Crippen LogP contribution in [0.15, 0.2) is 33.9 Å². The zero-order chi connectivity index (χ0) is 14.4. The van der Waals surface area contributed by atoms with E-state index in [1.165, 1.54) is 11.8 Å². The first-order valence-corrected chi connectivity index (χ1v) is 7.11. The van der Waals surface area contributed by atoms with Gasteiger partial charge in [-0.2, -0.15) is 0 Å². The number of nitrogens with zero attached hydrogens (tertiary/aromatic N) is 2. The van der Waals surface area contributed by atoms with Crippen LogP contribution < -0.4 is 10.5 Å². The van der Waals surface area contributed by atoms with Gasteiger partial charge in [0, 0.05) is 17.2 Å². The third-order valence-electron chi connectivity index (χ3n) is 2.20. The monoisotopic (exact) mass is 313 g/mol. The lowest BCUT2D eigenvalue weighted by molar-refractivity contribution is -0.117. The molecule has 2 rings (SSSR count). The fourth-order valence-corrected chi connectivity index (χ4v) is 2.13. The van der Waals surface area contributed by atoms with Crippen molar-refractivity contribution in [2.75, 3.05) is 5.75 Å². The molecule has 1 amide bonds. The van der Waals surface area contributed by atoms with Crippen LogP contribution >= 0.6 is 23.4 Å². The maximum atomic E-state index is 10.6. The van der Waals surface area contributed by atoms with Gasteiger partial charge in [-0.25, -0.2) is 0 Å². The number of hydrogen-bond acceptors (Lipinski definition) is 6. The highest BCUT2D eigenvalue weighted by atomic mass is 35.5. The zero-order valence-electron chi connectivity index (χ0n) is 10.4. The van der Waals surface area contributed by atoms with Gasteiger partial charge in [-0.15, -0.1) is 10.2 Å². The van der Waals surface area contributed by atoms with Crippen molar-refractivity contribution in [3.63, 3.8) is 0 Å². The summed E-state index contributed by atoms with van der Waals surface area (Å²) in [7, 11) is 0. The van der Waals surface area contributed by atoms with Gasteiger partial charge in [0.25, 0.3) is 11.1 Å². The van der Waals surface area contributed by atoms with E-state index in [4.69, 9.17) is 26.5 Å². The van der Waals surface area contributed by atoms with Gasteiger partial charge < -0.3 is 14.9 Å². The topological polar surface area (TPSA) is 91.2 Å². The highest BCUT2D eigenvalue weighted by Crippen LogP contribution is 2.19. The summed E-state index contributed by atoms with van der Waals surface area (Å²) < 4.78 is 10.8. The molecule has 0 spiro atoms. The first-order valence-electron chi connectivity index (χ1n) is 5.75. The molecule has 2 aromatic rings. The standard InChI is InChI=1S/C12H12ClN3O3S/c13-8-1-3-9(4-2-8)18-7-11-15-16-12(19-11)20-6-5-10(14)17/h1-4H,5-7H2,(H2,14,17). The number of benzene rings is 1. The van der Waals surface area contributed by atoms with E-state index in [1.54, 1.807) is 24.3 Å². The Morgan fingerprint density at radius 3 is 2.80 bits per heavy atom. The van der Waals surface area contributed by atoms with E-state index in [-0.39, 0.29) is 18.9 Å². The van der Waals surface area contributed by atoms with Crippen LogP contribution in [-0.2, 0) is 11.4 Å². The van der Waals surface area contributed by atoms with Crippen LogP contribution in [0.3, 0.4) is 0 Å². The summed E-state index contributed by atoms with van der Waals surface area (Å²) in [4.78, 5) is 10.6. The van der Waals surface area contributed by atoms with Crippen LogP contribution in [0.2, 0.25) is 5.02 Å². The number of amides is 1. The first kappa shape index (κ1) is 14.7. The van der Waals surface area contributed by atoms with Crippen molar-refractivity contribution in [3.8, 4) is 5.75 Å². The van der Waals surface area contributed by atoms with Gasteiger partial charge >= 0.3 is 0 Å². The molecule has 0 fully saturated rings. The molecule has 1 aromatic carbocycles. The normalized spacial score (nSPS) is 10.4. The molecule has 0 atom stereocenters. The fraction of sp³-hybridized carbons (Fsp3) is 0.250. The maximum absolute atomic E-state index is 10.6. The van der Waals surface area contributed by atoms with E-state index in [9.17, 15) is 4.79 Å². The van der Waals surface area contributed by atoms with Crippen molar-refractivity contribution in [3.05, 3.63) is 35.2 Å². The molecule has 6 nitrogen and oxygen atoms in total. The van der Waals surface area contributed by atoms with Crippen molar-refractivity contribution in [1.29, 1.82) is 0 Å². The molecule has 106 valence electrons. The minimum atomic E-state index is -0.358. The maximum Gasteiger partial charge on any atom is 0.276 e. The third kappa shape index (κ3) is 4.75. The Labute approximate surface area is 124 Å². The van der Waals surface area contributed by atoms with Gasteiger partial charge in [0.2, 0.25) is 5.91 Å². The lowest BCUT2D eigenvalue weighted by Gasteiger charge is -2.02. The van der Waals surface area contributed by atoms with Crippen molar-refractivity contribution >= 4 is 29.3 Å². The predicted molar refractivity (Wildman–Crippen MR) is 74.6 cm³/mol. The minimum Gasteiger partial charge on any atom is -0.484 e. The summed E-state index contributed by atoms with van der Waals surface area (Å²) in [5, 5.41) is 8.71. The van der Waals surface area contributed by atoms with Gasteiger partial charge in [0.05, 0.1) is 0 Å². The first-order chi connectivity index (χ1) is 9.63. The number of carbonyl (C=O) groups is 1. The summed E-state index contributed by atoms with van der Waals surface area (Å²) in [5.41, 5.74) is 5.04. The molecule has 0 aliphatic rings. The zero-order valence-corrected chi connectivity index (χ0v) is 12.0. The Morgan fingerprint density at radius 1 is 1.35 bits per heavy atom. The molecular weight excluding hydrogens is 302 g/mol. The molecule has 8 heteroatoms. The van der Waals surface area contributed by atoms with E-state index in [2.05, 4.69) is 10.2 Å². The summed E-state index contributed by atoms with van der Waals surface area (Å²) in [6.07, 6.45) is 0.268. The summed E-state index contributed by atoms with van der Waals surface area (Å²) in [6, 6.07) is 6.97. The van der Waals surface area contributed by atoms with E-state index >= 15 is 0 Å². The van der Waals surface area contributed by atoms with E-state index < -0.39 is 0 Å². The summed E-state index contributed by atoms with van der Waals surface area (Å²) in [5.74, 6) is 1.18. The lowest BCUT2D eigenvalue weighted by atomic mass is 10.3. The molecule has 0 aliphatic heterocycles. The van der Waals surface area contributed by atoms with Crippen molar-refractivity contribution in [2.45, 2.75) is 18.3 Å². The Morgan fingerprint density at radius 2 is 2.10 bits per heavy atom. The molecule has 1 aromatic heterocycles. The average Bonchev–Trinajstić information content (AvgIpc) is 2.86. The second-order valence-electron chi connectivity index (χ2n) is 3.77. The van der Waals surface area contributed by atoms with E-state index in [0.717, 1.165) is 0 Å². The van der Waals surface area contributed by atoms with Gasteiger partial charge in [-0.1, -0.05) is 23.4 Å². The largest absolute Gasteiger partial charge is 0.484 e. The number of carbonyl (C=O) groups excluding carboxylic acids is 1. The van der Waals surface area contributed by atoms with Crippen LogP contribution in [0.25, 0.3) is 0 Å². The number of rotatable bonds is 7. The highest BCUT2D eigenvalue weighted by molar-refractivity contribution is 7.99. The molecule has 0 saturated heterocycles. The van der Waals surface area contributed by atoms with Gasteiger partial charge in [-0.05, 0) is 24.3 Å². The average molecular weight is 314 g/mol. The molecule has 1 heterocycles. The van der Waals surface area contributed by atoms with E-state index in [1.807, 2.05) is 0 Å². The predicted octanol–water partition coefficient (Wildman–Crippen LogP) is 2.27. The summed E-state index contributed by atoms with van der Waals surface area (Å²) >= 11 is 7.05. The molecule has 20 heavy (non-hydrogen) atoms. The SMILES string of the molecule is NC(=O)CCSc1nnc(COc2ccc(Cl)cc2)o1. The Hall–Kier alpha value is -1.73. The third-order valence-corrected chi connectivity index (χ3v) is 3.27. The number of nitrogens with two attached hydrogens (primary N) is 1. The molecule has 0 radical (unpaired) electrons. The van der Waals surface area contributed by atoms with Crippen molar-refractivity contribution < 1.29 is 13.9 Å². The number of ether oxygens (including phenoxy) is 1. The Bertz CT molecular complexity index is 574. The Kier molecular flexibility index (Phi) is 5.25. The van der Waals surface area contributed by atoms with E-state index in [0.29, 0.717) is 27.6 Å². The van der Waals surface area contributed by atoms with Crippen molar-refractivity contribution in [2.24, 2.45) is 5.73 Å². The Balaban J connectivity index is 1.80. The second kappa shape index (κ2) is 7.16. The molecule has 0 bridgehead atoms. The van der Waals surface area contributed by atoms with Gasteiger partial charge in [0.1, 0.15) is 5.75 Å². The number of thioether (sulfide) groups is 1.